The van der Waals surface area contributed by atoms with Crippen LogP contribution in [0.1, 0.15) is 18.4 Å². The minimum Gasteiger partial charge on any atom is -0.495 e. The predicted octanol–water partition coefficient (Wildman–Crippen LogP) is 2.64. The number of nitrogens with one attached hydrogen (secondary N) is 1. The van der Waals surface area contributed by atoms with Crippen molar-refractivity contribution in [1.82, 2.24) is 5.32 Å². The third-order valence-corrected chi connectivity index (χ3v) is 2.94. The molecule has 1 N–H and O–H groups in total. The Morgan fingerprint density at radius 3 is 2.87 bits per heavy atom. The lowest BCUT2D eigenvalue weighted by molar-refractivity contribution is 0.415. The Labute approximate surface area is 95.6 Å². The van der Waals surface area contributed by atoms with Crippen molar-refractivity contribution in [1.29, 1.82) is 0 Å². The Morgan fingerprint density at radius 2 is 2.27 bits per heavy atom. The summed E-state index contributed by atoms with van der Waals surface area (Å²) in [4.78, 5) is 0. The molecule has 82 valence electrons. The first-order chi connectivity index (χ1) is 7.29. The lowest BCUT2D eigenvalue weighted by Gasteiger charge is -2.06. The predicted molar refractivity (Wildman–Crippen MR) is 62.7 cm³/mol. The van der Waals surface area contributed by atoms with Gasteiger partial charge in [0.2, 0.25) is 0 Å². The van der Waals surface area contributed by atoms with Crippen molar-refractivity contribution in [2.45, 2.75) is 25.3 Å². The van der Waals surface area contributed by atoms with E-state index in [2.05, 4.69) is 11.4 Å². The maximum Gasteiger partial charge on any atom is 0.137 e. The second-order valence-corrected chi connectivity index (χ2v) is 4.35. The highest BCUT2D eigenvalue weighted by molar-refractivity contribution is 6.32. The topological polar surface area (TPSA) is 21.3 Å². The Morgan fingerprint density at radius 1 is 1.47 bits per heavy atom. The van der Waals surface area contributed by atoms with Gasteiger partial charge < -0.3 is 10.1 Å². The van der Waals surface area contributed by atoms with Gasteiger partial charge in [0.15, 0.2) is 0 Å². The smallest absolute Gasteiger partial charge is 0.137 e. The van der Waals surface area contributed by atoms with Crippen molar-refractivity contribution in [2.24, 2.45) is 0 Å². The first-order valence-corrected chi connectivity index (χ1v) is 5.73. The third kappa shape index (κ3) is 3.11. The summed E-state index contributed by atoms with van der Waals surface area (Å²) < 4.78 is 5.11. The van der Waals surface area contributed by atoms with Crippen molar-refractivity contribution in [2.75, 3.05) is 13.7 Å². The molecule has 2 nitrogen and oxygen atoms in total. The molecule has 0 aromatic heterocycles. The van der Waals surface area contributed by atoms with E-state index in [1.54, 1.807) is 7.11 Å². The van der Waals surface area contributed by atoms with Crippen molar-refractivity contribution >= 4 is 11.6 Å². The van der Waals surface area contributed by atoms with Crippen LogP contribution in [0.25, 0.3) is 0 Å². The molecule has 0 atom stereocenters. The molecule has 3 heteroatoms. The molecule has 0 spiro atoms. The summed E-state index contributed by atoms with van der Waals surface area (Å²) in [6, 6.07) is 6.75. The van der Waals surface area contributed by atoms with Gasteiger partial charge in [0, 0.05) is 6.04 Å². The van der Waals surface area contributed by atoms with Gasteiger partial charge in [0.25, 0.3) is 0 Å². The van der Waals surface area contributed by atoms with Gasteiger partial charge in [0.1, 0.15) is 5.75 Å². The molecule has 1 aliphatic rings. The van der Waals surface area contributed by atoms with Crippen LogP contribution in [0.4, 0.5) is 0 Å². The minimum atomic E-state index is 0.696. The fraction of sp³-hybridized carbons (Fsp3) is 0.500. The lowest BCUT2D eigenvalue weighted by atomic mass is 10.1. The van der Waals surface area contributed by atoms with Gasteiger partial charge in [-0.2, -0.15) is 0 Å². The van der Waals surface area contributed by atoms with Crippen LogP contribution in [0.5, 0.6) is 5.75 Å². The maximum absolute atomic E-state index is 6.04. The molecule has 0 unspecified atom stereocenters. The molecule has 0 aliphatic heterocycles. The Hall–Kier alpha value is -0.730. The number of hydrogen-bond donors (Lipinski definition) is 1. The van der Waals surface area contributed by atoms with Gasteiger partial charge >= 0.3 is 0 Å². The van der Waals surface area contributed by atoms with Crippen LogP contribution in [0, 0.1) is 0 Å². The summed E-state index contributed by atoms with van der Waals surface area (Å²) in [6.45, 7) is 1.04. The van der Waals surface area contributed by atoms with Gasteiger partial charge in [-0.05, 0) is 43.5 Å². The summed E-state index contributed by atoms with van der Waals surface area (Å²) >= 11 is 6.04. The molecule has 1 aromatic rings. The van der Waals surface area contributed by atoms with E-state index in [1.165, 1.54) is 18.4 Å². The third-order valence-electron chi connectivity index (χ3n) is 2.64. The van der Waals surface area contributed by atoms with E-state index in [-0.39, 0.29) is 0 Å². The first kappa shape index (κ1) is 10.8. The molecular formula is C12H16ClNO. The van der Waals surface area contributed by atoms with Gasteiger partial charge in [0.05, 0.1) is 12.1 Å². The highest BCUT2D eigenvalue weighted by Crippen LogP contribution is 2.25. The van der Waals surface area contributed by atoms with Crippen molar-refractivity contribution < 1.29 is 4.74 Å². The van der Waals surface area contributed by atoms with E-state index in [4.69, 9.17) is 16.3 Å². The van der Waals surface area contributed by atoms with E-state index in [0.29, 0.717) is 5.02 Å². The standard InChI is InChI=1S/C12H16ClNO/c1-15-12-5-2-9(8-11(12)13)6-7-14-10-3-4-10/h2,5,8,10,14H,3-4,6-7H2,1H3. The lowest BCUT2D eigenvalue weighted by Crippen LogP contribution is -2.19. The average Bonchev–Trinajstić information content (AvgIpc) is 3.02. The second kappa shape index (κ2) is 4.86. The molecular weight excluding hydrogens is 210 g/mol. The molecule has 1 aliphatic carbocycles. The maximum atomic E-state index is 6.04. The number of halogens is 1. The number of ether oxygens (including phenoxy) is 1. The molecule has 1 saturated carbocycles. The van der Waals surface area contributed by atoms with E-state index in [1.807, 2.05) is 12.1 Å². The van der Waals surface area contributed by atoms with Crippen LogP contribution in [0.2, 0.25) is 5.02 Å². The van der Waals surface area contributed by atoms with Crippen LogP contribution < -0.4 is 10.1 Å². The summed E-state index contributed by atoms with van der Waals surface area (Å²) in [7, 11) is 1.63. The minimum absolute atomic E-state index is 0.696. The van der Waals surface area contributed by atoms with Crippen LogP contribution in [-0.2, 0) is 6.42 Å². The van der Waals surface area contributed by atoms with Gasteiger partial charge in [-0.25, -0.2) is 0 Å². The Bertz CT molecular complexity index is 336. The highest BCUT2D eigenvalue weighted by atomic mass is 35.5. The first-order valence-electron chi connectivity index (χ1n) is 5.35. The highest BCUT2D eigenvalue weighted by Gasteiger charge is 2.19. The molecule has 2 rings (SSSR count). The summed E-state index contributed by atoms with van der Waals surface area (Å²) in [5.74, 6) is 0.746. The molecule has 0 radical (unpaired) electrons. The van der Waals surface area contributed by atoms with Gasteiger partial charge in [-0.15, -0.1) is 0 Å². The SMILES string of the molecule is COc1ccc(CCNC2CC2)cc1Cl. The van der Waals surface area contributed by atoms with Crippen molar-refractivity contribution in [3.63, 3.8) is 0 Å². The zero-order valence-corrected chi connectivity index (χ0v) is 9.68. The molecule has 0 amide bonds. The molecule has 0 saturated heterocycles. The number of hydrogen-bond acceptors (Lipinski definition) is 2. The van der Waals surface area contributed by atoms with E-state index in [0.717, 1.165) is 24.8 Å². The zero-order valence-electron chi connectivity index (χ0n) is 8.92. The van der Waals surface area contributed by atoms with Crippen molar-refractivity contribution in [3.8, 4) is 5.75 Å². The molecule has 0 heterocycles. The molecule has 15 heavy (non-hydrogen) atoms. The number of methoxy groups -OCH3 is 1. The normalized spacial score (nSPS) is 15.3. The summed E-state index contributed by atoms with van der Waals surface area (Å²) in [6.07, 6.45) is 3.70. The molecule has 1 fully saturated rings. The zero-order chi connectivity index (χ0) is 10.7. The summed E-state index contributed by atoms with van der Waals surface area (Å²) in [5, 5.41) is 4.17. The van der Waals surface area contributed by atoms with Crippen LogP contribution in [-0.4, -0.2) is 19.7 Å². The fourth-order valence-electron chi connectivity index (χ4n) is 1.57. The number of benzene rings is 1. The monoisotopic (exact) mass is 225 g/mol. The van der Waals surface area contributed by atoms with E-state index >= 15 is 0 Å². The second-order valence-electron chi connectivity index (χ2n) is 3.95. The van der Waals surface area contributed by atoms with E-state index in [9.17, 15) is 0 Å². The van der Waals surface area contributed by atoms with Gasteiger partial charge in [-0.1, -0.05) is 17.7 Å². The van der Waals surface area contributed by atoms with E-state index < -0.39 is 0 Å². The molecule has 1 aromatic carbocycles. The average molecular weight is 226 g/mol. The quantitative estimate of drug-likeness (QED) is 0.832. The Balaban J connectivity index is 1.87. The fourth-order valence-corrected chi connectivity index (χ4v) is 1.85. The Kier molecular flexibility index (Phi) is 3.49. The van der Waals surface area contributed by atoms with Crippen molar-refractivity contribution in [3.05, 3.63) is 28.8 Å². The number of rotatable bonds is 5. The van der Waals surface area contributed by atoms with Crippen LogP contribution in [0.3, 0.4) is 0 Å². The van der Waals surface area contributed by atoms with Gasteiger partial charge in [-0.3, -0.25) is 0 Å². The van der Waals surface area contributed by atoms with Crippen LogP contribution in [0.15, 0.2) is 18.2 Å². The molecule has 0 bridgehead atoms. The largest absolute Gasteiger partial charge is 0.495 e. The van der Waals surface area contributed by atoms with Crippen LogP contribution >= 0.6 is 11.6 Å². The summed E-state index contributed by atoms with van der Waals surface area (Å²) in [5.41, 5.74) is 1.26.